The van der Waals surface area contributed by atoms with Crippen molar-refractivity contribution < 1.29 is 14.3 Å². The molecule has 0 radical (unpaired) electrons. The fourth-order valence-corrected chi connectivity index (χ4v) is 4.77. The average Bonchev–Trinajstić information content (AvgIpc) is 2.34. The number of ether oxygens (including phenoxy) is 2. The van der Waals surface area contributed by atoms with E-state index in [4.69, 9.17) is 9.47 Å². The Morgan fingerprint density at radius 2 is 2.00 bits per heavy atom. The molecule has 0 heterocycles. The summed E-state index contributed by atoms with van der Waals surface area (Å²) in [6, 6.07) is 3.85. The Hall–Kier alpha value is -0.613. The zero-order valence-corrected chi connectivity index (χ0v) is 12.4. The number of rotatable bonds is 11. The van der Waals surface area contributed by atoms with Gasteiger partial charge in [0.1, 0.15) is 0 Å². The average molecular weight is 258 g/mol. The van der Waals surface area contributed by atoms with Gasteiger partial charge >= 0.3 is 5.97 Å². The van der Waals surface area contributed by atoms with Gasteiger partial charge in [-0.2, -0.15) is 0 Å². The van der Waals surface area contributed by atoms with Gasteiger partial charge in [-0.25, -0.2) is 4.79 Å². The third kappa shape index (κ3) is 10.3. The topological polar surface area (TPSA) is 35.5 Å². The lowest BCUT2D eigenvalue weighted by Gasteiger charge is -2.14. The van der Waals surface area contributed by atoms with Gasteiger partial charge in [0.25, 0.3) is 0 Å². The van der Waals surface area contributed by atoms with Crippen molar-refractivity contribution in [2.24, 2.45) is 0 Å². The van der Waals surface area contributed by atoms with Crippen LogP contribution in [0.25, 0.3) is 0 Å². The van der Waals surface area contributed by atoms with Crippen molar-refractivity contribution in [2.75, 3.05) is 19.8 Å². The highest BCUT2D eigenvalue weighted by Gasteiger charge is 2.09. The van der Waals surface area contributed by atoms with Gasteiger partial charge in [0.2, 0.25) is 0 Å². The molecule has 0 aliphatic carbocycles. The minimum atomic E-state index is -0.679. The third-order valence-electron chi connectivity index (χ3n) is 2.74. The van der Waals surface area contributed by atoms with Crippen LogP contribution in [0, 0.1) is 0 Å². The zero-order valence-electron chi connectivity index (χ0n) is 11.2. The predicted octanol–water partition coefficient (Wildman–Crippen LogP) is 2.78. The van der Waals surface area contributed by atoms with E-state index in [1.807, 2.05) is 6.92 Å². The minimum absolute atomic E-state index is 0.312. The summed E-state index contributed by atoms with van der Waals surface area (Å²) >= 11 is 0. The van der Waals surface area contributed by atoms with Crippen molar-refractivity contribution in [1.29, 1.82) is 0 Å². The minimum Gasteiger partial charge on any atom is -0.463 e. The molecular formula is C13H26O3Si. The van der Waals surface area contributed by atoms with Crippen LogP contribution in [0.4, 0.5) is 0 Å². The Bertz CT molecular complexity index is 207. The molecule has 1 unspecified atom stereocenters. The second kappa shape index (κ2) is 11.9. The summed E-state index contributed by atoms with van der Waals surface area (Å²) < 4.78 is 10.4. The second-order valence-electron chi connectivity index (χ2n) is 4.15. The lowest BCUT2D eigenvalue weighted by molar-refractivity contribution is -0.137. The summed E-state index contributed by atoms with van der Waals surface area (Å²) in [5, 5.41) is 0. The highest BCUT2D eigenvalue weighted by atomic mass is 28.3. The lowest BCUT2D eigenvalue weighted by Crippen LogP contribution is -2.16. The Kier molecular flexibility index (Phi) is 11.4. The van der Waals surface area contributed by atoms with Crippen molar-refractivity contribution in [3.63, 3.8) is 0 Å². The van der Waals surface area contributed by atoms with Crippen molar-refractivity contribution in [3.8, 4) is 0 Å². The molecule has 0 aromatic rings. The molecule has 0 saturated heterocycles. The first kappa shape index (κ1) is 16.4. The Morgan fingerprint density at radius 3 is 2.59 bits per heavy atom. The highest BCUT2D eigenvalue weighted by Crippen LogP contribution is 2.11. The van der Waals surface area contributed by atoms with Crippen LogP contribution in [0.15, 0.2) is 12.7 Å². The summed E-state index contributed by atoms with van der Waals surface area (Å²) in [5.41, 5.74) is 0. The number of carbonyl (C=O) groups is 1. The largest absolute Gasteiger partial charge is 0.463 e. The molecule has 0 aromatic heterocycles. The molecule has 0 fully saturated rings. The molecule has 4 heteroatoms. The van der Waals surface area contributed by atoms with Crippen molar-refractivity contribution in [1.82, 2.24) is 0 Å². The van der Waals surface area contributed by atoms with Gasteiger partial charge in [0.15, 0.2) is 0 Å². The molecule has 3 nitrogen and oxygen atoms in total. The van der Waals surface area contributed by atoms with Gasteiger partial charge < -0.3 is 9.47 Å². The van der Waals surface area contributed by atoms with Crippen LogP contribution in [0.2, 0.25) is 18.1 Å². The molecule has 0 N–H and O–H groups in total. The molecule has 0 bridgehead atoms. The molecule has 0 aliphatic heterocycles. The molecular weight excluding hydrogens is 232 g/mol. The maximum absolute atomic E-state index is 10.8. The fraction of sp³-hybridized carbons (Fsp3) is 0.769. The van der Waals surface area contributed by atoms with Crippen LogP contribution in [0.3, 0.4) is 0 Å². The molecule has 0 aliphatic rings. The first-order chi connectivity index (χ1) is 8.24. The van der Waals surface area contributed by atoms with E-state index in [0.717, 1.165) is 19.6 Å². The maximum atomic E-state index is 10.8. The second-order valence-corrected chi connectivity index (χ2v) is 7.62. The highest BCUT2D eigenvalue weighted by molar-refractivity contribution is 6.58. The fourth-order valence-electron chi connectivity index (χ4n) is 1.84. The van der Waals surface area contributed by atoms with Gasteiger partial charge in [0.05, 0.1) is 6.61 Å². The van der Waals surface area contributed by atoms with Crippen LogP contribution in [-0.2, 0) is 14.3 Å². The molecule has 100 valence electrons. The van der Waals surface area contributed by atoms with Gasteiger partial charge in [0, 0.05) is 28.1 Å². The van der Waals surface area contributed by atoms with E-state index in [0.29, 0.717) is 6.61 Å². The van der Waals surface area contributed by atoms with Crippen LogP contribution >= 0.6 is 0 Å². The van der Waals surface area contributed by atoms with Gasteiger partial charge in [-0.15, -0.1) is 0 Å². The van der Waals surface area contributed by atoms with E-state index in [9.17, 15) is 4.79 Å². The molecule has 0 rings (SSSR count). The van der Waals surface area contributed by atoms with E-state index in [1.165, 1.54) is 30.6 Å². The summed E-state index contributed by atoms with van der Waals surface area (Å²) in [7, 11) is -0.679. The van der Waals surface area contributed by atoms with Crippen molar-refractivity contribution in [2.45, 2.75) is 44.8 Å². The maximum Gasteiger partial charge on any atom is 0.330 e. The molecule has 0 aromatic carbocycles. The van der Waals surface area contributed by atoms with Crippen LogP contribution in [0.5, 0.6) is 0 Å². The van der Waals surface area contributed by atoms with E-state index in [-0.39, 0.29) is 5.97 Å². The third-order valence-corrected chi connectivity index (χ3v) is 6.41. The van der Waals surface area contributed by atoms with Gasteiger partial charge in [-0.1, -0.05) is 32.0 Å². The number of esters is 1. The smallest absolute Gasteiger partial charge is 0.330 e. The molecule has 1 atom stereocenters. The SMILES string of the molecule is C=CC(=O)OCCC[SiH](CCC)CCOCC. The predicted molar refractivity (Wildman–Crippen MR) is 74.1 cm³/mol. The number of hydrogen-bond acceptors (Lipinski definition) is 3. The van der Waals surface area contributed by atoms with E-state index in [2.05, 4.69) is 13.5 Å². The first-order valence-electron chi connectivity index (χ1n) is 6.61. The summed E-state index contributed by atoms with van der Waals surface area (Å²) in [4.78, 5) is 10.8. The Balaban J connectivity index is 3.61. The van der Waals surface area contributed by atoms with Crippen LogP contribution in [-0.4, -0.2) is 34.6 Å². The zero-order chi connectivity index (χ0) is 12.9. The standard InChI is InChI=1S/C13H26O3Si/c1-4-10-17(12-9-15-6-3)11-7-8-16-13(14)5-2/h5,17H,2,4,6-12H2,1,3H3. The van der Waals surface area contributed by atoms with E-state index in [1.54, 1.807) is 0 Å². The first-order valence-corrected chi connectivity index (χ1v) is 9.06. The quantitative estimate of drug-likeness (QED) is 0.247. The van der Waals surface area contributed by atoms with E-state index >= 15 is 0 Å². The molecule has 0 saturated carbocycles. The Morgan fingerprint density at radius 1 is 1.24 bits per heavy atom. The molecule has 0 spiro atoms. The summed E-state index contributed by atoms with van der Waals surface area (Å²) in [5.74, 6) is -0.312. The van der Waals surface area contributed by atoms with Crippen molar-refractivity contribution in [3.05, 3.63) is 12.7 Å². The summed E-state index contributed by atoms with van der Waals surface area (Å²) in [6.07, 6.45) is 3.47. The van der Waals surface area contributed by atoms with E-state index < -0.39 is 8.80 Å². The Labute approximate surface area is 107 Å². The van der Waals surface area contributed by atoms with Gasteiger partial charge in [-0.05, 0) is 19.4 Å². The molecule has 0 amide bonds. The van der Waals surface area contributed by atoms with Crippen LogP contribution < -0.4 is 0 Å². The van der Waals surface area contributed by atoms with Crippen LogP contribution in [0.1, 0.15) is 26.7 Å². The molecule has 17 heavy (non-hydrogen) atoms. The summed E-state index contributed by atoms with van der Waals surface area (Å²) in [6.45, 7) is 9.89. The lowest BCUT2D eigenvalue weighted by atomic mass is 10.5. The monoisotopic (exact) mass is 258 g/mol. The number of carbonyl (C=O) groups excluding carboxylic acids is 1. The van der Waals surface area contributed by atoms with Crippen molar-refractivity contribution >= 4 is 14.8 Å². The number of hydrogen-bond donors (Lipinski definition) is 0. The van der Waals surface area contributed by atoms with Gasteiger partial charge in [-0.3, -0.25) is 0 Å². The normalized spacial score (nSPS) is 12.1.